The fourth-order valence-corrected chi connectivity index (χ4v) is 3.64. The Labute approximate surface area is 197 Å². The van der Waals surface area contributed by atoms with Gasteiger partial charge in [0.15, 0.2) is 11.4 Å². The maximum Gasteiger partial charge on any atom is 0.332 e. The van der Waals surface area contributed by atoms with Crippen molar-refractivity contribution in [1.29, 1.82) is 0 Å². The largest absolute Gasteiger partial charge is 0.479 e. The van der Waals surface area contributed by atoms with E-state index in [1.165, 1.54) is 96.3 Å². The van der Waals surface area contributed by atoms with Crippen LogP contribution >= 0.6 is 0 Å². The van der Waals surface area contributed by atoms with Crippen LogP contribution in [0.4, 0.5) is 0 Å². The molecule has 0 aliphatic carbocycles. The van der Waals surface area contributed by atoms with Crippen LogP contribution in [-0.2, 0) is 9.63 Å². The number of nitrogens with zero attached hydrogens (tertiary/aromatic N) is 1. The first-order valence-electron chi connectivity index (χ1n) is 13.4. The maximum atomic E-state index is 10.4. The molecule has 0 aromatic heterocycles. The Morgan fingerprint density at radius 1 is 0.688 bits per heavy atom. The zero-order chi connectivity index (χ0) is 24.3. The van der Waals surface area contributed by atoms with E-state index in [4.69, 9.17) is 10.2 Å². The molecule has 0 rings (SSSR count). The summed E-state index contributed by atoms with van der Waals surface area (Å²) >= 11 is 0. The lowest BCUT2D eigenvalue weighted by Gasteiger charge is -2.05. The van der Waals surface area contributed by atoms with Gasteiger partial charge in [-0.2, -0.15) is 0 Å². The highest BCUT2D eigenvalue weighted by molar-refractivity contribution is 5.71. The zero-order valence-electron chi connectivity index (χ0n) is 21.4. The minimum atomic E-state index is -1.16. The van der Waals surface area contributed by atoms with Gasteiger partial charge in [0, 0.05) is 0 Å². The van der Waals surface area contributed by atoms with E-state index in [-0.39, 0.29) is 6.10 Å². The summed E-state index contributed by atoms with van der Waals surface area (Å²) in [6.45, 7) is 6.30. The number of carboxylic acids is 1. The monoisotopic (exact) mass is 459 g/mol. The number of aliphatic hydroxyl groups is 1. The van der Waals surface area contributed by atoms with Crippen molar-refractivity contribution in [2.75, 3.05) is 0 Å². The molecular formula is C26H53NO5. The van der Waals surface area contributed by atoms with Gasteiger partial charge in [0.05, 0.1) is 0 Å². The molecule has 0 heterocycles. The van der Waals surface area contributed by atoms with E-state index in [0.717, 1.165) is 25.7 Å². The van der Waals surface area contributed by atoms with Gasteiger partial charge < -0.3 is 15.1 Å². The second-order valence-electron chi connectivity index (χ2n) is 9.08. The Morgan fingerprint density at radius 2 is 1.03 bits per heavy atom. The molecule has 32 heavy (non-hydrogen) atoms. The summed E-state index contributed by atoms with van der Waals surface area (Å²) < 4.78 is 0. The van der Waals surface area contributed by atoms with Crippen LogP contribution in [0.5, 0.6) is 0 Å². The Kier molecular flexibility index (Phi) is 28.7. The SMILES string of the molecule is CCCCCCC(C)ON=O.CCCCCCCCCCCCCCCCC(O)C(=O)O. The fourth-order valence-electron chi connectivity index (χ4n) is 3.64. The lowest BCUT2D eigenvalue weighted by atomic mass is 10.0. The number of rotatable bonds is 23. The summed E-state index contributed by atoms with van der Waals surface area (Å²) in [7, 11) is 0. The summed E-state index contributed by atoms with van der Waals surface area (Å²) in [5.74, 6) is -1.09. The van der Waals surface area contributed by atoms with Gasteiger partial charge in [-0.3, -0.25) is 0 Å². The van der Waals surface area contributed by atoms with Crippen LogP contribution in [0.2, 0.25) is 0 Å². The van der Waals surface area contributed by atoms with Crippen LogP contribution in [-0.4, -0.2) is 28.4 Å². The molecule has 0 fully saturated rings. The minimum Gasteiger partial charge on any atom is -0.479 e. The van der Waals surface area contributed by atoms with Gasteiger partial charge in [-0.05, 0) is 26.2 Å². The second-order valence-corrected chi connectivity index (χ2v) is 9.08. The third-order valence-electron chi connectivity index (χ3n) is 5.80. The first-order chi connectivity index (χ1) is 15.5. The van der Waals surface area contributed by atoms with E-state index in [2.05, 4.69) is 24.0 Å². The van der Waals surface area contributed by atoms with Crippen molar-refractivity contribution in [1.82, 2.24) is 0 Å². The highest BCUT2D eigenvalue weighted by atomic mass is 16.7. The van der Waals surface area contributed by atoms with E-state index in [9.17, 15) is 9.70 Å². The summed E-state index contributed by atoms with van der Waals surface area (Å²) in [6.07, 6.45) is 23.0. The lowest BCUT2D eigenvalue weighted by Crippen LogP contribution is -2.18. The van der Waals surface area contributed by atoms with E-state index in [1.54, 1.807) is 0 Å². The molecule has 0 aromatic rings. The summed E-state index contributed by atoms with van der Waals surface area (Å²) in [5, 5.41) is 20.0. The number of aliphatic carboxylic acids is 1. The average molecular weight is 460 g/mol. The molecule has 2 N–H and O–H groups in total. The summed E-state index contributed by atoms with van der Waals surface area (Å²) in [4.78, 5) is 24.5. The van der Waals surface area contributed by atoms with Crippen molar-refractivity contribution < 1.29 is 19.8 Å². The quantitative estimate of drug-likeness (QED) is 0.0909. The van der Waals surface area contributed by atoms with Crippen molar-refractivity contribution in [2.45, 2.75) is 161 Å². The molecule has 0 bridgehead atoms. The van der Waals surface area contributed by atoms with Crippen LogP contribution in [0.25, 0.3) is 0 Å². The fraction of sp³-hybridized carbons (Fsp3) is 0.962. The van der Waals surface area contributed by atoms with Crippen LogP contribution in [0.15, 0.2) is 5.34 Å². The van der Waals surface area contributed by atoms with Crippen LogP contribution in [0.3, 0.4) is 0 Å². The summed E-state index contributed by atoms with van der Waals surface area (Å²) in [5.41, 5.74) is 0. The molecule has 2 unspecified atom stereocenters. The number of hydrogen-bond donors (Lipinski definition) is 2. The number of carbonyl (C=O) groups is 1. The molecule has 0 aliphatic heterocycles. The first kappa shape index (κ1) is 33.0. The molecule has 0 aliphatic rings. The maximum absolute atomic E-state index is 10.4. The number of unbranched alkanes of at least 4 members (excludes halogenated alkanes) is 16. The third kappa shape index (κ3) is 28.8. The molecular weight excluding hydrogens is 406 g/mol. The van der Waals surface area contributed by atoms with Gasteiger partial charge in [0.1, 0.15) is 6.10 Å². The summed E-state index contributed by atoms with van der Waals surface area (Å²) in [6, 6.07) is 0. The van der Waals surface area contributed by atoms with Crippen LogP contribution in [0.1, 0.15) is 149 Å². The second kappa shape index (κ2) is 27.9. The molecule has 0 radical (unpaired) electrons. The molecule has 192 valence electrons. The van der Waals surface area contributed by atoms with Gasteiger partial charge in [-0.25, -0.2) is 4.79 Å². The Balaban J connectivity index is 0. The van der Waals surface area contributed by atoms with E-state index in [1.807, 2.05) is 6.92 Å². The molecule has 0 saturated carbocycles. The number of carboxylic acid groups (broad SMARTS) is 1. The van der Waals surface area contributed by atoms with Gasteiger partial charge in [0.25, 0.3) is 0 Å². The van der Waals surface area contributed by atoms with Crippen molar-refractivity contribution >= 4 is 5.97 Å². The molecule has 0 aromatic carbocycles. The highest BCUT2D eigenvalue weighted by Gasteiger charge is 2.11. The van der Waals surface area contributed by atoms with E-state index < -0.39 is 12.1 Å². The molecule has 6 heteroatoms. The zero-order valence-corrected chi connectivity index (χ0v) is 21.4. The normalized spacial score (nSPS) is 12.5. The number of aliphatic hydroxyl groups excluding tert-OH is 1. The number of hydrogen-bond acceptors (Lipinski definition) is 5. The predicted molar refractivity (Wildman–Crippen MR) is 134 cm³/mol. The van der Waals surface area contributed by atoms with Gasteiger partial charge in [-0.15, -0.1) is 4.91 Å². The Bertz CT molecular complexity index is 392. The molecule has 0 amide bonds. The molecule has 6 nitrogen and oxygen atoms in total. The predicted octanol–water partition coefficient (Wildman–Crippen LogP) is 8.35. The van der Waals surface area contributed by atoms with Gasteiger partial charge in [0.2, 0.25) is 0 Å². The third-order valence-corrected chi connectivity index (χ3v) is 5.80. The van der Waals surface area contributed by atoms with Crippen molar-refractivity contribution in [3.8, 4) is 0 Å². The van der Waals surface area contributed by atoms with Crippen LogP contribution in [0, 0.1) is 4.91 Å². The lowest BCUT2D eigenvalue weighted by molar-refractivity contribution is -0.146. The van der Waals surface area contributed by atoms with Crippen LogP contribution < -0.4 is 0 Å². The smallest absolute Gasteiger partial charge is 0.332 e. The Hall–Kier alpha value is -1.17. The van der Waals surface area contributed by atoms with E-state index >= 15 is 0 Å². The van der Waals surface area contributed by atoms with E-state index in [0.29, 0.717) is 6.42 Å². The standard InChI is InChI=1S/C18H36O3.C8H17NO2/c1-2-3-4-5-6-7-8-9-10-11-12-13-14-15-16-17(19)18(20)21;1-3-4-5-6-7-8(2)11-9-10/h17,19H,2-16H2,1H3,(H,20,21);8H,3-7H2,1-2H3. The van der Waals surface area contributed by atoms with Crippen molar-refractivity contribution in [2.24, 2.45) is 5.34 Å². The highest BCUT2D eigenvalue weighted by Crippen LogP contribution is 2.13. The molecule has 0 spiro atoms. The van der Waals surface area contributed by atoms with Gasteiger partial charge >= 0.3 is 5.97 Å². The Morgan fingerprint density at radius 3 is 1.41 bits per heavy atom. The van der Waals surface area contributed by atoms with Gasteiger partial charge in [-0.1, -0.05) is 123 Å². The minimum absolute atomic E-state index is 0.00986. The van der Waals surface area contributed by atoms with Crippen molar-refractivity contribution in [3.63, 3.8) is 0 Å². The first-order valence-corrected chi connectivity index (χ1v) is 13.4. The molecule has 2 atom stereocenters. The average Bonchev–Trinajstić information content (AvgIpc) is 2.77. The topological polar surface area (TPSA) is 96.2 Å². The van der Waals surface area contributed by atoms with Crippen molar-refractivity contribution in [3.05, 3.63) is 4.91 Å². The molecule has 0 saturated heterocycles.